The summed E-state index contributed by atoms with van der Waals surface area (Å²) in [5, 5.41) is 4.41. The van der Waals surface area contributed by atoms with Gasteiger partial charge in [-0.1, -0.05) is 12.1 Å². The van der Waals surface area contributed by atoms with Gasteiger partial charge in [-0.2, -0.15) is 5.10 Å². The molecule has 0 amide bonds. The lowest BCUT2D eigenvalue weighted by Gasteiger charge is -2.23. The number of aromatic nitrogens is 5. The predicted octanol–water partition coefficient (Wildman–Crippen LogP) is 4.49. The molecule has 5 rings (SSSR count). The highest BCUT2D eigenvalue weighted by atomic mass is 19.1. The van der Waals surface area contributed by atoms with Gasteiger partial charge >= 0.3 is 0 Å². The van der Waals surface area contributed by atoms with Crippen LogP contribution in [0.3, 0.4) is 0 Å². The zero-order valence-corrected chi connectivity index (χ0v) is 18.4. The van der Waals surface area contributed by atoms with Gasteiger partial charge in [-0.25, -0.2) is 27.8 Å². The van der Waals surface area contributed by atoms with Crippen molar-refractivity contribution in [3.8, 4) is 11.4 Å². The largest absolute Gasteiger partial charge is 0.495 e. The third kappa shape index (κ3) is 4.08. The molecule has 3 heterocycles. The van der Waals surface area contributed by atoms with Gasteiger partial charge in [0.15, 0.2) is 11.6 Å². The number of ether oxygens (including phenoxy) is 2. The van der Waals surface area contributed by atoms with Gasteiger partial charge < -0.3 is 14.0 Å². The van der Waals surface area contributed by atoms with Crippen LogP contribution in [0.1, 0.15) is 34.6 Å². The number of nitrogens with zero attached hydrogens (tertiary/aromatic N) is 5. The third-order valence-electron chi connectivity index (χ3n) is 5.46. The van der Waals surface area contributed by atoms with E-state index in [1.807, 2.05) is 42.0 Å². The van der Waals surface area contributed by atoms with Crippen LogP contribution in [0.5, 0.6) is 5.75 Å². The quantitative estimate of drug-likeness (QED) is 0.433. The fourth-order valence-electron chi connectivity index (χ4n) is 3.88. The molecular weight excluding hydrogens is 447 g/mol. The van der Waals surface area contributed by atoms with E-state index in [1.54, 1.807) is 24.2 Å². The Morgan fingerprint density at radius 3 is 2.62 bits per heavy atom. The van der Waals surface area contributed by atoms with E-state index in [2.05, 4.69) is 15.1 Å². The molecule has 34 heavy (non-hydrogen) atoms. The minimum Gasteiger partial charge on any atom is -0.495 e. The second kappa shape index (κ2) is 8.79. The number of benzene rings is 2. The standard InChI is InChI=1S/C24H20F3N5O2/c1-14-12-31(13-28-14)19-5-3-15(9-20(19)33-2)4-6-21-29-24-23(34-8-7-32(24)30-21)22-17(26)10-16(25)11-18(22)27/h3-6,9-13,23H,7-8H2,1-2H3/b6-4+/t23-/m1/s1. The average Bonchev–Trinajstić information content (AvgIpc) is 3.43. The lowest BCUT2D eigenvalue weighted by atomic mass is 10.1. The van der Waals surface area contributed by atoms with Crippen LogP contribution in [-0.4, -0.2) is 38.0 Å². The molecule has 2 aromatic carbocycles. The number of methoxy groups -OCH3 is 1. The topological polar surface area (TPSA) is 67.0 Å². The van der Waals surface area contributed by atoms with Gasteiger partial charge in [0, 0.05) is 18.3 Å². The fourth-order valence-corrected chi connectivity index (χ4v) is 3.88. The van der Waals surface area contributed by atoms with Crippen LogP contribution in [0.15, 0.2) is 42.9 Å². The first-order chi connectivity index (χ1) is 16.4. The number of aryl methyl sites for hydroxylation is 1. The van der Waals surface area contributed by atoms with Crippen LogP contribution in [0.4, 0.5) is 13.2 Å². The predicted molar refractivity (Wildman–Crippen MR) is 118 cm³/mol. The van der Waals surface area contributed by atoms with Crippen molar-refractivity contribution in [2.45, 2.75) is 19.6 Å². The molecule has 0 fully saturated rings. The molecule has 2 aromatic heterocycles. The van der Waals surface area contributed by atoms with Crippen molar-refractivity contribution >= 4 is 12.2 Å². The monoisotopic (exact) mass is 467 g/mol. The van der Waals surface area contributed by atoms with Gasteiger partial charge in [0.05, 0.1) is 43.5 Å². The molecule has 1 aliphatic rings. The van der Waals surface area contributed by atoms with Gasteiger partial charge in [-0.3, -0.25) is 0 Å². The first-order valence-corrected chi connectivity index (χ1v) is 10.5. The molecule has 174 valence electrons. The summed E-state index contributed by atoms with van der Waals surface area (Å²) in [4.78, 5) is 8.65. The molecular formula is C24H20F3N5O2. The summed E-state index contributed by atoms with van der Waals surface area (Å²) in [6, 6.07) is 6.94. The Balaban J connectivity index is 1.43. The van der Waals surface area contributed by atoms with Crippen LogP contribution in [0, 0.1) is 24.4 Å². The summed E-state index contributed by atoms with van der Waals surface area (Å²) in [6.07, 6.45) is 5.99. The van der Waals surface area contributed by atoms with Crippen molar-refractivity contribution in [3.63, 3.8) is 0 Å². The Morgan fingerprint density at radius 2 is 1.91 bits per heavy atom. The lowest BCUT2D eigenvalue weighted by molar-refractivity contribution is 0.0346. The van der Waals surface area contributed by atoms with Crippen LogP contribution in [0.25, 0.3) is 17.8 Å². The Kier molecular flexibility index (Phi) is 5.66. The van der Waals surface area contributed by atoms with Crippen molar-refractivity contribution < 1.29 is 22.6 Å². The smallest absolute Gasteiger partial charge is 0.174 e. The molecule has 0 N–H and O–H groups in total. The van der Waals surface area contributed by atoms with E-state index < -0.39 is 23.6 Å². The summed E-state index contributed by atoms with van der Waals surface area (Å²) in [5.41, 5.74) is 2.19. The maximum absolute atomic E-state index is 14.3. The Bertz CT molecular complexity index is 1370. The Hall–Kier alpha value is -3.92. The SMILES string of the molecule is COc1cc(/C=C/c2nc3n(n2)CCO[C@@H]3c2c(F)cc(F)cc2F)ccc1-n1cnc(C)c1. The van der Waals surface area contributed by atoms with Crippen molar-refractivity contribution in [1.82, 2.24) is 24.3 Å². The number of halogens is 3. The average molecular weight is 467 g/mol. The molecule has 10 heteroatoms. The van der Waals surface area contributed by atoms with Crippen molar-refractivity contribution in [3.05, 3.63) is 88.8 Å². The number of rotatable bonds is 5. The molecule has 1 atom stereocenters. The van der Waals surface area contributed by atoms with Gasteiger partial charge in [0.1, 0.15) is 29.3 Å². The summed E-state index contributed by atoms with van der Waals surface area (Å²) >= 11 is 0. The van der Waals surface area contributed by atoms with E-state index in [0.29, 0.717) is 30.3 Å². The van der Waals surface area contributed by atoms with E-state index >= 15 is 0 Å². The number of fused-ring (bicyclic) bond motifs is 1. The van der Waals surface area contributed by atoms with Crippen molar-refractivity contribution in [2.75, 3.05) is 13.7 Å². The van der Waals surface area contributed by atoms with E-state index in [4.69, 9.17) is 9.47 Å². The molecule has 0 aliphatic carbocycles. The zero-order chi connectivity index (χ0) is 23.8. The van der Waals surface area contributed by atoms with Crippen molar-refractivity contribution in [1.29, 1.82) is 0 Å². The van der Waals surface area contributed by atoms with E-state index in [0.717, 1.165) is 16.9 Å². The number of imidazole rings is 1. The molecule has 0 bridgehead atoms. The van der Waals surface area contributed by atoms with Gasteiger partial charge in [0.25, 0.3) is 0 Å². The summed E-state index contributed by atoms with van der Waals surface area (Å²) in [6.45, 7) is 2.47. The second-order valence-corrected chi connectivity index (χ2v) is 7.77. The van der Waals surface area contributed by atoms with Gasteiger partial charge in [-0.15, -0.1) is 0 Å². The second-order valence-electron chi connectivity index (χ2n) is 7.77. The molecule has 1 aliphatic heterocycles. The minimum atomic E-state index is -1.12. The zero-order valence-electron chi connectivity index (χ0n) is 18.4. The normalized spacial score (nSPS) is 15.6. The Labute approximate surface area is 193 Å². The van der Waals surface area contributed by atoms with Gasteiger partial charge in [-0.05, 0) is 30.7 Å². The van der Waals surface area contributed by atoms with Crippen LogP contribution < -0.4 is 4.74 Å². The molecule has 4 aromatic rings. The number of hydrogen-bond acceptors (Lipinski definition) is 5. The highest BCUT2D eigenvalue weighted by Gasteiger charge is 2.31. The lowest BCUT2D eigenvalue weighted by Crippen LogP contribution is -2.25. The summed E-state index contributed by atoms with van der Waals surface area (Å²) < 4.78 is 56.6. The summed E-state index contributed by atoms with van der Waals surface area (Å²) in [5.74, 6) is -1.80. The number of hydrogen-bond donors (Lipinski definition) is 0. The molecule has 0 spiro atoms. The van der Waals surface area contributed by atoms with Crippen LogP contribution in [-0.2, 0) is 11.3 Å². The Morgan fingerprint density at radius 1 is 1.12 bits per heavy atom. The van der Waals surface area contributed by atoms with Crippen LogP contribution >= 0.6 is 0 Å². The maximum Gasteiger partial charge on any atom is 0.174 e. The summed E-state index contributed by atoms with van der Waals surface area (Å²) in [7, 11) is 1.59. The first kappa shape index (κ1) is 21.9. The van der Waals surface area contributed by atoms with E-state index in [-0.39, 0.29) is 18.0 Å². The third-order valence-corrected chi connectivity index (χ3v) is 5.46. The van der Waals surface area contributed by atoms with Crippen molar-refractivity contribution in [2.24, 2.45) is 0 Å². The molecule has 7 nitrogen and oxygen atoms in total. The molecule has 0 unspecified atom stereocenters. The minimum absolute atomic E-state index is 0.187. The highest BCUT2D eigenvalue weighted by Crippen LogP contribution is 2.32. The molecule has 0 saturated carbocycles. The first-order valence-electron chi connectivity index (χ1n) is 10.5. The molecule has 0 saturated heterocycles. The fraction of sp³-hybridized carbons (Fsp3) is 0.208. The highest BCUT2D eigenvalue weighted by molar-refractivity contribution is 5.69. The maximum atomic E-state index is 14.3. The van der Waals surface area contributed by atoms with E-state index in [9.17, 15) is 13.2 Å². The molecule has 0 radical (unpaired) electrons. The van der Waals surface area contributed by atoms with Gasteiger partial charge in [0.2, 0.25) is 0 Å². The van der Waals surface area contributed by atoms with E-state index in [1.165, 1.54) is 0 Å². The van der Waals surface area contributed by atoms with Crippen LogP contribution in [0.2, 0.25) is 0 Å².